The maximum absolute atomic E-state index is 6.79. The average Bonchev–Trinajstić information content (AvgIpc) is 3.14. The minimum Gasteiger partial charge on any atom is -0.497 e. The Morgan fingerprint density at radius 3 is 1.02 bits per heavy atom. The van der Waals surface area contributed by atoms with E-state index in [1.54, 1.807) is 19.6 Å². The molecule has 252 valence electrons. The van der Waals surface area contributed by atoms with Gasteiger partial charge in [0, 0.05) is 0 Å². The summed E-state index contributed by atoms with van der Waals surface area (Å²) in [7, 11) is 1.65. The second-order valence-electron chi connectivity index (χ2n) is 11.5. The molecule has 1 fully saturated rings. The smallest absolute Gasteiger partial charge is 0.155 e. The van der Waals surface area contributed by atoms with E-state index in [2.05, 4.69) is 0 Å². The van der Waals surface area contributed by atoms with E-state index in [1.807, 2.05) is 141 Å². The van der Waals surface area contributed by atoms with Crippen LogP contribution >= 0.6 is 0 Å². The van der Waals surface area contributed by atoms with Gasteiger partial charge in [-0.15, -0.1) is 0 Å². The van der Waals surface area contributed by atoms with Crippen LogP contribution in [-0.2, 0) is 54.8 Å². The molecule has 0 bridgehead atoms. The van der Waals surface area contributed by atoms with Crippen molar-refractivity contribution in [3.05, 3.63) is 162 Å². The molecule has 0 N–H and O–H groups in total. The molecule has 0 aromatic heterocycles. The Bertz CT molecular complexity index is 1510. The highest BCUT2D eigenvalue weighted by molar-refractivity contribution is 5.27. The summed E-state index contributed by atoms with van der Waals surface area (Å²) in [5, 5.41) is 0. The van der Waals surface area contributed by atoms with E-state index in [4.69, 9.17) is 33.2 Å². The van der Waals surface area contributed by atoms with Gasteiger partial charge in [0.25, 0.3) is 0 Å². The second kappa shape index (κ2) is 18.8. The molecule has 7 nitrogen and oxygen atoms in total. The van der Waals surface area contributed by atoms with Crippen molar-refractivity contribution in [3.8, 4) is 5.75 Å². The highest BCUT2D eigenvalue weighted by Gasteiger charge is 2.56. The van der Waals surface area contributed by atoms with Gasteiger partial charge in [-0.25, -0.2) is 0 Å². The molecule has 48 heavy (non-hydrogen) atoms. The van der Waals surface area contributed by atoms with Gasteiger partial charge < -0.3 is 33.2 Å². The van der Waals surface area contributed by atoms with Crippen LogP contribution in [0.15, 0.2) is 140 Å². The van der Waals surface area contributed by atoms with Gasteiger partial charge in [-0.05, 0) is 48.2 Å². The number of hydrogen-bond donors (Lipinski definition) is 0. The number of allylic oxidation sites excluding steroid dienone is 2. The van der Waals surface area contributed by atoms with Crippen LogP contribution in [0.4, 0.5) is 0 Å². The fourth-order valence-electron chi connectivity index (χ4n) is 5.74. The Morgan fingerprint density at radius 1 is 0.417 bits per heavy atom. The Morgan fingerprint density at radius 2 is 0.729 bits per heavy atom. The van der Waals surface area contributed by atoms with Crippen molar-refractivity contribution < 1.29 is 33.2 Å². The highest BCUT2D eigenvalue weighted by atomic mass is 16.6. The van der Waals surface area contributed by atoms with Gasteiger partial charge in [0.2, 0.25) is 0 Å². The minimum absolute atomic E-state index is 0.312. The Balaban J connectivity index is 1.54. The van der Waals surface area contributed by atoms with Crippen LogP contribution in [0.25, 0.3) is 0 Å². The molecule has 4 aromatic rings. The zero-order valence-electron chi connectivity index (χ0n) is 27.9. The number of rotatable bonds is 17. The lowest BCUT2D eigenvalue weighted by molar-refractivity contribution is -0.274. The first-order valence-electron chi connectivity index (χ1n) is 16.4. The predicted octanol–water partition coefficient (Wildman–Crippen LogP) is 8.19. The van der Waals surface area contributed by atoms with Gasteiger partial charge in [-0.2, -0.15) is 0 Å². The summed E-state index contributed by atoms with van der Waals surface area (Å²) in [5.74, 6) is 0.780. The van der Waals surface area contributed by atoms with E-state index in [0.29, 0.717) is 26.4 Å². The largest absolute Gasteiger partial charge is 0.497 e. The second-order valence-corrected chi connectivity index (χ2v) is 11.5. The fourth-order valence-corrected chi connectivity index (χ4v) is 5.74. The number of methoxy groups -OCH3 is 1. The van der Waals surface area contributed by atoms with Gasteiger partial charge in [-0.1, -0.05) is 115 Å². The Labute approximate surface area is 284 Å². The van der Waals surface area contributed by atoms with Crippen molar-refractivity contribution in [1.82, 2.24) is 0 Å². The van der Waals surface area contributed by atoms with E-state index in [1.165, 1.54) is 0 Å². The molecule has 0 spiro atoms. The maximum atomic E-state index is 6.79. The molecule has 0 amide bonds. The predicted molar refractivity (Wildman–Crippen MR) is 186 cm³/mol. The molecule has 7 heteroatoms. The summed E-state index contributed by atoms with van der Waals surface area (Å²) < 4.78 is 45.5. The zero-order chi connectivity index (χ0) is 33.4. The summed E-state index contributed by atoms with van der Waals surface area (Å²) in [4.78, 5) is 0. The van der Waals surface area contributed by atoms with Crippen LogP contribution in [0.3, 0.4) is 0 Å². The quantitative estimate of drug-likeness (QED) is 0.107. The van der Waals surface area contributed by atoms with Crippen LogP contribution in [0.5, 0.6) is 5.75 Å². The van der Waals surface area contributed by atoms with Crippen molar-refractivity contribution in [1.29, 1.82) is 0 Å². The molecule has 1 aliphatic rings. The monoisotopic (exact) mass is 650 g/mol. The third-order valence-corrected chi connectivity index (χ3v) is 8.14. The van der Waals surface area contributed by atoms with Crippen molar-refractivity contribution in [2.24, 2.45) is 0 Å². The lowest BCUT2D eigenvalue weighted by Gasteiger charge is -2.49. The molecule has 1 aliphatic carbocycles. The van der Waals surface area contributed by atoms with Crippen LogP contribution in [0, 0.1) is 0 Å². The summed E-state index contributed by atoms with van der Waals surface area (Å²) in [6.07, 6.45) is 3.53. The van der Waals surface area contributed by atoms with Crippen LogP contribution < -0.4 is 4.74 Å². The lowest BCUT2D eigenvalue weighted by Crippen LogP contribution is -2.67. The highest BCUT2D eigenvalue weighted by Crippen LogP contribution is 2.36. The van der Waals surface area contributed by atoms with Gasteiger partial charge in [0.15, 0.2) is 12.2 Å². The van der Waals surface area contributed by atoms with E-state index in [-0.39, 0.29) is 0 Å². The molecule has 0 radical (unpaired) electrons. The first kappa shape index (κ1) is 34.9. The zero-order valence-corrected chi connectivity index (χ0v) is 27.9. The van der Waals surface area contributed by atoms with Crippen molar-refractivity contribution >= 4 is 0 Å². The first-order valence-corrected chi connectivity index (χ1v) is 16.4. The topological polar surface area (TPSA) is 64.6 Å². The lowest BCUT2D eigenvalue weighted by atomic mass is 9.83. The van der Waals surface area contributed by atoms with Crippen molar-refractivity contribution in [2.75, 3.05) is 7.11 Å². The third-order valence-electron chi connectivity index (χ3n) is 8.14. The Hall–Kier alpha value is -4.40. The molecule has 0 saturated heterocycles. The summed E-state index contributed by atoms with van der Waals surface area (Å²) in [5.41, 5.74) is 4.09. The summed E-state index contributed by atoms with van der Waals surface area (Å²) in [6.45, 7) is 5.20. The molecular weight excluding hydrogens is 604 g/mol. The molecule has 1 saturated carbocycles. The van der Waals surface area contributed by atoms with Crippen molar-refractivity contribution in [2.45, 2.75) is 76.9 Å². The van der Waals surface area contributed by atoms with Crippen LogP contribution in [0.2, 0.25) is 0 Å². The van der Waals surface area contributed by atoms with Crippen molar-refractivity contribution in [3.63, 3.8) is 0 Å². The maximum Gasteiger partial charge on any atom is 0.155 e. The van der Waals surface area contributed by atoms with E-state index >= 15 is 0 Å². The SMILES string of the molecule is CC=CO[C@@H]1[C@@H](OCc2ccccc2)[C@H](OCc2ccc(OC)cc2)[C@@H](O/C=C/C)[C@H](OCc2ccccc2)[C@@H]1OCc1ccccc1. The van der Waals surface area contributed by atoms with Gasteiger partial charge >= 0.3 is 0 Å². The fraction of sp³-hybridized carbons (Fsp3) is 0.317. The molecule has 4 aromatic carbocycles. The van der Waals surface area contributed by atoms with Gasteiger partial charge in [0.05, 0.1) is 46.1 Å². The van der Waals surface area contributed by atoms with Crippen LogP contribution in [0.1, 0.15) is 36.1 Å². The molecule has 5 rings (SSSR count). The number of benzene rings is 4. The molecule has 6 atom stereocenters. The minimum atomic E-state index is -0.602. The van der Waals surface area contributed by atoms with E-state index in [9.17, 15) is 0 Å². The summed E-state index contributed by atoms with van der Waals surface area (Å²) >= 11 is 0. The van der Waals surface area contributed by atoms with E-state index in [0.717, 1.165) is 28.0 Å². The third kappa shape index (κ3) is 9.81. The standard InChI is InChI=1S/C41H46O7/c1-4-25-43-36-38(45-27-31-15-9-6-10-16-31)39(46-28-32-17-11-7-12-18-32)37(44-26-5-2)41(40(36)47-29-33-19-13-8-14-20-33)48-30-34-21-23-35(42-3)24-22-34/h4-26,36-41H,27-30H2,1-3H3/b25-4?,26-5+/t36-,37-,38+,39-,40+,41+/m0/s1. The first-order chi connectivity index (χ1) is 23.7. The number of hydrogen-bond acceptors (Lipinski definition) is 7. The Kier molecular flexibility index (Phi) is 13.7. The average molecular weight is 651 g/mol. The van der Waals surface area contributed by atoms with E-state index < -0.39 is 36.6 Å². The molecule has 0 unspecified atom stereocenters. The molecular formula is C41H46O7. The normalized spacial score (nSPS) is 22.6. The van der Waals surface area contributed by atoms with Crippen LogP contribution in [-0.4, -0.2) is 43.7 Å². The van der Waals surface area contributed by atoms with Gasteiger partial charge in [-0.3, -0.25) is 0 Å². The van der Waals surface area contributed by atoms with Gasteiger partial charge in [0.1, 0.15) is 30.2 Å². The molecule has 0 aliphatic heterocycles. The molecule has 0 heterocycles. The number of ether oxygens (including phenoxy) is 7. The summed E-state index contributed by atoms with van der Waals surface area (Å²) in [6, 6.07) is 38.1.